The first-order valence-corrected chi connectivity index (χ1v) is 13.5. The number of nitrogens with zero attached hydrogens (tertiary/aromatic N) is 1. The van der Waals surface area contributed by atoms with Crippen LogP contribution in [0.3, 0.4) is 0 Å². The van der Waals surface area contributed by atoms with Gasteiger partial charge in [-0.25, -0.2) is 21.2 Å². The lowest BCUT2D eigenvalue weighted by atomic mass is 10.1. The van der Waals surface area contributed by atoms with Gasteiger partial charge in [-0.2, -0.15) is 16.9 Å². The molecule has 0 aliphatic heterocycles. The number of thiophene rings is 1. The molecule has 0 fully saturated rings. The summed E-state index contributed by atoms with van der Waals surface area (Å²) in [4.78, 5) is 0. The lowest BCUT2D eigenvalue weighted by Crippen LogP contribution is -2.38. The van der Waals surface area contributed by atoms with Gasteiger partial charge in [-0.1, -0.05) is 24.3 Å². The maximum atomic E-state index is 13.5. The van der Waals surface area contributed by atoms with E-state index in [0.29, 0.717) is 22.2 Å². The van der Waals surface area contributed by atoms with Crippen molar-refractivity contribution in [3.05, 3.63) is 63.9 Å². The maximum Gasteiger partial charge on any atom is 0.419 e. The first-order valence-electron chi connectivity index (χ1n) is 8.47. The van der Waals surface area contributed by atoms with Crippen molar-refractivity contribution >= 4 is 62.4 Å². The fourth-order valence-corrected chi connectivity index (χ4v) is 9.16. The standard InChI is InChI=1S/C18H14BrF4NO4S3/c1-30(25,26)24(17-16(19)12-4-2-3-5-15(12)29-17)31(27,28)9-8-11-6-7-14(20)13(10-11)18(21,22)23/h2-7,10H,8-9H2,1H3. The van der Waals surface area contributed by atoms with Crippen molar-refractivity contribution in [1.29, 1.82) is 0 Å². The zero-order chi connectivity index (χ0) is 23.2. The van der Waals surface area contributed by atoms with Crippen molar-refractivity contribution in [2.45, 2.75) is 12.6 Å². The van der Waals surface area contributed by atoms with E-state index in [-0.39, 0.29) is 18.7 Å². The number of alkyl halides is 3. The zero-order valence-electron chi connectivity index (χ0n) is 15.7. The Hall–Kier alpha value is -1.70. The van der Waals surface area contributed by atoms with E-state index in [1.54, 1.807) is 24.3 Å². The Balaban J connectivity index is 1.99. The quantitative estimate of drug-likeness (QED) is 0.391. The van der Waals surface area contributed by atoms with Crippen LogP contribution in [-0.4, -0.2) is 28.8 Å². The lowest BCUT2D eigenvalue weighted by Gasteiger charge is -2.21. The van der Waals surface area contributed by atoms with E-state index < -0.39 is 49.8 Å². The highest BCUT2D eigenvalue weighted by Crippen LogP contribution is 2.44. The summed E-state index contributed by atoms with van der Waals surface area (Å²) in [5.74, 6) is -2.28. The third-order valence-electron chi connectivity index (χ3n) is 4.22. The first kappa shape index (κ1) is 24.0. The number of rotatable bonds is 6. The van der Waals surface area contributed by atoms with Gasteiger partial charge in [-0.05, 0) is 46.1 Å². The van der Waals surface area contributed by atoms with Crippen LogP contribution in [0.1, 0.15) is 11.1 Å². The summed E-state index contributed by atoms with van der Waals surface area (Å²) in [6, 6.07) is 8.94. The Morgan fingerprint density at radius 2 is 1.71 bits per heavy atom. The molecule has 3 aromatic rings. The predicted molar refractivity (Wildman–Crippen MR) is 116 cm³/mol. The summed E-state index contributed by atoms with van der Waals surface area (Å²) >= 11 is 4.18. The number of fused-ring (bicyclic) bond motifs is 1. The molecule has 3 rings (SSSR count). The monoisotopic (exact) mass is 559 g/mol. The number of aryl methyl sites for hydroxylation is 1. The smallest absolute Gasteiger partial charge is 0.206 e. The van der Waals surface area contributed by atoms with Crippen molar-refractivity contribution < 1.29 is 34.4 Å². The molecule has 0 amide bonds. The maximum absolute atomic E-state index is 13.5. The van der Waals surface area contributed by atoms with Crippen LogP contribution < -0.4 is 3.71 Å². The van der Waals surface area contributed by atoms with Crippen LogP contribution >= 0.6 is 27.3 Å². The van der Waals surface area contributed by atoms with Crippen LogP contribution in [-0.2, 0) is 32.6 Å². The molecule has 168 valence electrons. The van der Waals surface area contributed by atoms with Crippen LogP contribution in [0.25, 0.3) is 10.1 Å². The van der Waals surface area contributed by atoms with Gasteiger partial charge >= 0.3 is 6.18 Å². The molecule has 0 unspecified atom stereocenters. The van der Waals surface area contributed by atoms with E-state index in [9.17, 15) is 34.4 Å². The summed E-state index contributed by atoms with van der Waals surface area (Å²) in [6.07, 6.45) is -4.67. The second kappa shape index (κ2) is 8.34. The van der Waals surface area contributed by atoms with E-state index in [1.807, 2.05) is 0 Å². The van der Waals surface area contributed by atoms with Crippen molar-refractivity contribution in [3.8, 4) is 0 Å². The average Bonchev–Trinajstić information content (AvgIpc) is 2.95. The molecule has 0 spiro atoms. The molecular weight excluding hydrogens is 546 g/mol. The molecular formula is C18H14BrF4NO4S3. The van der Waals surface area contributed by atoms with E-state index in [1.165, 1.54) is 0 Å². The highest BCUT2D eigenvalue weighted by atomic mass is 79.9. The molecule has 0 N–H and O–H groups in total. The average molecular weight is 560 g/mol. The van der Waals surface area contributed by atoms with Crippen molar-refractivity contribution in [1.82, 2.24) is 0 Å². The van der Waals surface area contributed by atoms with Crippen LogP contribution in [0.15, 0.2) is 46.9 Å². The number of benzene rings is 2. The second-order valence-electron chi connectivity index (χ2n) is 6.56. The number of halogens is 5. The first-order chi connectivity index (χ1) is 14.2. The van der Waals surface area contributed by atoms with E-state index in [4.69, 9.17) is 0 Å². The summed E-state index contributed by atoms with van der Waals surface area (Å²) in [7, 11) is -8.81. The van der Waals surface area contributed by atoms with Gasteiger partial charge < -0.3 is 0 Å². The van der Waals surface area contributed by atoms with Gasteiger partial charge in [0.25, 0.3) is 0 Å². The van der Waals surface area contributed by atoms with Gasteiger partial charge in [0.1, 0.15) is 10.8 Å². The molecule has 0 bridgehead atoms. The number of hydrogen-bond donors (Lipinski definition) is 0. The summed E-state index contributed by atoms with van der Waals surface area (Å²) in [5, 5.41) is 0.526. The predicted octanol–water partition coefficient (Wildman–Crippen LogP) is 5.16. The minimum absolute atomic E-state index is 0.0845. The highest BCUT2D eigenvalue weighted by Gasteiger charge is 2.36. The molecule has 2 aromatic carbocycles. The molecule has 0 aliphatic carbocycles. The fraction of sp³-hybridized carbons (Fsp3) is 0.222. The Morgan fingerprint density at radius 3 is 2.29 bits per heavy atom. The van der Waals surface area contributed by atoms with E-state index in [2.05, 4.69) is 15.9 Å². The molecule has 13 heteroatoms. The minimum Gasteiger partial charge on any atom is -0.206 e. The van der Waals surface area contributed by atoms with Crippen LogP contribution in [0, 0.1) is 5.82 Å². The summed E-state index contributed by atoms with van der Waals surface area (Å²) in [6.45, 7) is 0. The molecule has 0 saturated carbocycles. The Bertz CT molecular complexity index is 1350. The minimum atomic E-state index is -4.94. The van der Waals surface area contributed by atoms with Gasteiger partial charge in [0.2, 0.25) is 20.0 Å². The largest absolute Gasteiger partial charge is 0.419 e. The Morgan fingerprint density at radius 1 is 1.06 bits per heavy atom. The Kier molecular flexibility index (Phi) is 6.44. The molecule has 0 atom stereocenters. The normalized spacial score (nSPS) is 13.0. The van der Waals surface area contributed by atoms with Gasteiger partial charge in [0.15, 0.2) is 0 Å². The molecule has 31 heavy (non-hydrogen) atoms. The molecule has 5 nitrogen and oxygen atoms in total. The topological polar surface area (TPSA) is 71.5 Å². The van der Waals surface area contributed by atoms with Crippen LogP contribution in [0.4, 0.5) is 22.6 Å². The molecule has 1 aromatic heterocycles. The number of anilines is 1. The molecule has 0 radical (unpaired) electrons. The lowest BCUT2D eigenvalue weighted by molar-refractivity contribution is -0.140. The SMILES string of the molecule is CS(=O)(=O)N(c1sc2ccccc2c1Br)S(=O)(=O)CCc1ccc(F)c(C(F)(F)F)c1. The number of sulfonamides is 2. The zero-order valence-corrected chi connectivity index (χ0v) is 19.7. The second-order valence-corrected chi connectivity index (χ2v) is 12.4. The van der Waals surface area contributed by atoms with Gasteiger partial charge in [0, 0.05) is 10.1 Å². The Labute approximate surface area is 188 Å². The van der Waals surface area contributed by atoms with Gasteiger partial charge in [0.05, 0.1) is 22.0 Å². The summed E-state index contributed by atoms with van der Waals surface area (Å²) in [5.41, 5.74) is -1.62. The van der Waals surface area contributed by atoms with E-state index >= 15 is 0 Å². The summed E-state index contributed by atoms with van der Waals surface area (Å²) < 4.78 is 104. The fourth-order valence-electron chi connectivity index (χ4n) is 2.88. The molecule has 0 saturated heterocycles. The third kappa shape index (κ3) is 5.04. The molecule has 1 heterocycles. The van der Waals surface area contributed by atoms with Crippen LogP contribution in [0.2, 0.25) is 0 Å². The van der Waals surface area contributed by atoms with E-state index in [0.717, 1.165) is 23.7 Å². The highest BCUT2D eigenvalue weighted by molar-refractivity contribution is 9.11. The molecule has 0 aliphatic rings. The van der Waals surface area contributed by atoms with Gasteiger partial charge in [-0.15, -0.1) is 11.3 Å². The van der Waals surface area contributed by atoms with Crippen molar-refractivity contribution in [2.75, 3.05) is 15.7 Å². The third-order valence-corrected chi connectivity index (χ3v) is 10.4. The van der Waals surface area contributed by atoms with Crippen molar-refractivity contribution in [2.24, 2.45) is 0 Å². The van der Waals surface area contributed by atoms with Crippen molar-refractivity contribution in [3.63, 3.8) is 0 Å². The van der Waals surface area contributed by atoms with Gasteiger partial charge in [-0.3, -0.25) is 0 Å². The van der Waals surface area contributed by atoms with Crippen LogP contribution in [0.5, 0.6) is 0 Å². The number of hydrogen-bond acceptors (Lipinski definition) is 5.